The van der Waals surface area contributed by atoms with Gasteiger partial charge in [0.15, 0.2) is 12.0 Å². The van der Waals surface area contributed by atoms with Gasteiger partial charge in [-0.3, -0.25) is 9.59 Å². The summed E-state index contributed by atoms with van der Waals surface area (Å²) in [6.45, 7) is 1.55. The summed E-state index contributed by atoms with van der Waals surface area (Å²) in [6, 6.07) is 8.67. The lowest BCUT2D eigenvalue weighted by molar-refractivity contribution is -0.116. The van der Waals surface area contributed by atoms with E-state index in [4.69, 9.17) is 9.47 Å². The van der Waals surface area contributed by atoms with Crippen molar-refractivity contribution in [2.75, 3.05) is 7.11 Å². The van der Waals surface area contributed by atoms with E-state index in [9.17, 15) is 9.59 Å². The Labute approximate surface area is 151 Å². The zero-order valence-corrected chi connectivity index (χ0v) is 15.7. The first-order chi connectivity index (χ1) is 10.9. The Morgan fingerprint density at radius 3 is 2.35 bits per heavy atom. The highest BCUT2D eigenvalue weighted by molar-refractivity contribution is 9.11. The molecule has 0 aromatic heterocycles. The maximum atomic E-state index is 11.2. The molecule has 0 saturated heterocycles. The van der Waals surface area contributed by atoms with Crippen molar-refractivity contribution in [1.29, 1.82) is 0 Å². The van der Waals surface area contributed by atoms with Gasteiger partial charge in [0, 0.05) is 6.42 Å². The van der Waals surface area contributed by atoms with Crippen molar-refractivity contribution in [3.63, 3.8) is 0 Å². The van der Waals surface area contributed by atoms with E-state index in [0.29, 0.717) is 44.5 Å². The fourth-order valence-electron chi connectivity index (χ4n) is 2.09. The van der Waals surface area contributed by atoms with Crippen LogP contribution in [0.1, 0.15) is 22.8 Å². The molecule has 0 aliphatic carbocycles. The fourth-order valence-corrected chi connectivity index (χ4v) is 3.53. The number of hydrogen-bond acceptors (Lipinski definition) is 4. The highest BCUT2D eigenvalue weighted by Gasteiger charge is 2.12. The number of ether oxygens (including phenoxy) is 2. The van der Waals surface area contributed by atoms with Crippen molar-refractivity contribution >= 4 is 43.9 Å². The fraction of sp³-hybridized carbons (Fsp3) is 0.176. The van der Waals surface area contributed by atoms with Gasteiger partial charge in [0.2, 0.25) is 0 Å². The number of aldehydes is 1. The van der Waals surface area contributed by atoms with Crippen LogP contribution in [0.2, 0.25) is 0 Å². The lowest BCUT2D eigenvalue weighted by Crippen LogP contribution is -1.98. The topological polar surface area (TPSA) is 52.6 Å². The lowest BCUT2D eigenvalue weighted by Gasteiger charge is -2.13. The average molecular weight is 442 g/mol. The second-order valence-electron chi connectivity index (χ2n) is 4.89. The smallest absolute Gasteiger partial charge is 0.155 e. The second kappa shape index (κ2) is 7.75. The van der Waals surface area contributed by atoms with Crippen LogP contribution in [-0.2, 0) is 11.2 Å². The van der Waals surface area contributed by atoms with E-state index in [1.165, 1.54) is 7.11 Å². The molecule has 4 nitrogen and oxygen atoms in total. The molecule has 23 heavy (non-hydrogen) atoms. The Hall–Kier alpha value is -1.66. The van der Waals surface area contributed by atoms with Crippen molar-refractivity contribution in [2.45, 2.75) is 13.3 Å². The normalized spacial score (nSPS) is 10.3. The Kier molecular flexibility index (Phi) is 5.96. The molecule has 0 fully saturated rings. The molecular weight excluding hydrogens is 428 g/mol. The number of benzene rings is 2. The van der Waals surface area contributed by atoms with Crippen LogP contribution in [0, 0.1) is 0 Å². The molecule has 0 aliphatic heterocycles. The molecule has 2 rings (SSSR count). The monoisotopic (exact) mass is 440 g/mol. The molecule has 2 aromatic carbocycles. The van der Waals surface area contributed by atoms with Crippen molar-refractivity contribution in [3.8, 4) is 17.2 Å². The molecule has 6 heteroatoms. The molecule has 0 amide bonds. The van der Waals surface area contributed by atoms with Gasteiger partial charge in [0.25, 0.3) is 0 Å². The summed E-state index contributed by atoms with van der Waals surface area (Å²) >= 11 is 6.90. The highest BCUT2D eigenvalue weighted by Crippen LogP contribution is 2.38. The van der Waals surface area contributed by atoms with E-state index >= 15 is 0 Å². The lowest BCUT2D eigenvalue weighted by atomic mass is 10.1. The van der Waals surface area contributed by atoms with Crippen LogP contribution in [0.15, 0.2) is 39.3 Å². The predicted molar refractivity (Wildman–Crippen MR) is 94.7 cm³/mol. The Morgan fingerprint density at radius 2 is 1.83 bits per heavy atom. The van der Waals surface area contributed by atoms with E-state index in [1.807, 2.05) is 12.1 Å². The molecule has 0 spiro atoms. The van der Waals surface area contributed by atoms with Gasteiger partial charge >= 0.3 is 0 Å². The largest absolute Gasteiger partial charge is 0.496 e. The Bertz CT molecular complexity index is 733. The average Bonchev–Trinajstić information content (AvgIpc) is 2.50. The summed E-state index contributed by atoms with van der Waals surface area (Å²) in [5, 5.41) is 0. The predicted octanol–water partition coefficient (Wildman–Crippen LogP) is 4.96. The van der Waals surface area contributed by atoms with Gasteiger partial charge < -0.3 is 9.47 Å². The van der Waals surface area contributed by atoms with Crippen LogP contribution < -0.4 is 9.47 Å². The standard InChI is InChI=1S/C17H14Br2O4/c1-10(21)5-11-6-14(18)17(15(19)7-11)23-13-3-4-16(22-2)12(8-13)9-20/h3-4,6-9H,5H2,1-2H3. The van der Waals surface area contributed by atoms with E-state index in [0.717, 1.165) is 5.56 Å². The minimum atomic E-state index is 0.0863. The quantitative estimate of drug-likeness (QED) is 0.594. The third-order valence-electron chi connectivity index (χ3n) is 3.06. The van der Waals surface area contributed by atoms with Gasteiger partial charge in [0.1, 0.15) is 17.3 Å². The molecule has 0 N–H and O–H groups in total. The molecule has 0 saturated carbocycles. The number of Topliss-reactive ketones (excluding diaryl/α,β-unsaturated/α-hetero) is 1. The summed E-state index contributed by atoms with van der Waals surface area (Å²) in [5.74, 6) is 1.65. The summed E-state index contributed by atoms with van der Waals surface area (Å²) in [7, 11) is 1.50. The molecule has 0 aliphatic rings. The molecule has 0 heterocycles. The van der Waals surface area contributed by atoms with Crippen LogP contribution in [0.3, 0.4) is 0 Å². The molecule has 0 unspecified atom stereocenters. The van der Waals surface area contributed by atoms with Gasteiger partial charge in [-0.1, -0.05) is 0 Å². The maximum absolute atomic E-state index is 11.2. The van der Waals surface area contributed by atoms with Crippen LogP contribution in [0.25, 0.3) is 0 Å². The summed E-state index contributed by atoms with van der Waals surface area (Å²) in [4.78, 5) is 22.3. The molecule has 0 atom stereocenters. The third-order valence-corrected chi connectivity index (χ3v) is 4.24. The minimum absolute atomic E-state index is 0.0863. The van der Waals surface area contributed by atoms with Crippen LogP contribution in [0.4, 0.5) is 0 Å². The van der Waals surface area contributed by atoms with Crippen LogP contribution in [-0.4, -0.2) is 19.2 Å². The molecule has 120 valence electrons. The number of ketones is 1. The Morgan fingerprint density at radius 1 is 1.17 bits per heavy atom. The SMILES string of the molecule is COc1ccc(Oc2c(Br)cc(CC(C)=O)cc2Br)cc1C=O. The summed E-state index contributed by atoms with van der Waals surface area (Å²) < 4.78 is 12.4. The zero-order valence-electron chi connectivity index (χ0n) is 12.6. The number of methoxy groups -OCH3 is 1. The van der Waals surface area contributed by atoms with Gasteiger partial charge in [-0.2, -0.15) is 0 Å². The first-order valence-corrected chi connectivity index (χ1v) is 8.31. The van der Waals surface area contributed by atoms with Gasteiger partial charge in [-0.15, -0.1) is 0 Å². The Balaban J connectivity index is 2.33. The van der Waals surface area contributed by atoms with Gasteiger partial charge in [-0.25, -0.2) is 0 Å². The number of carbonyl (C=O) groups is 2. The molecule has 2 aromatic rings. The second-order valence-corrected chi connectivity index (χ2v) is 6.60. The first kappa shape index (κ1) is 17.7. The van der Waals surface area contributed by atoms with E-state index in [2.05, 4.69) is 31.9 Å². The van der Waals surface area contributed by atoms with Crippen LogP contribution in [0.5, 0.6) is 17.2 Å². The van der Waals surface area contributed by atoms with Crippen molar-refractivity contribution < 1.29 is 19.1 Å². The molecule has 0 bridgehead atoms. The molecular formula is C17H14Br2O4. The highest BCUT2D eigenvalue weighted by atomic mass is 79.9. The van der Waals surface area contributed by atoms with Crippen molar-refractivity contribution in [2.24, 2.45) is 0 Å². The van der Waals surface area contributed by atoms with E-state index < -0.39 is 0 Å². The van der Waals surface area contributed by atoms with Crippen LogP contribution >= 0.6 is 31.9 Å². The van der Waals surface area contributed by atoms with E-state index in [-0.39, 0.29) is 5.78 Å². The number of halogens is 2. The van der Waals surface area contributed by atoms with E-state index in [1.54, 1.807) is 25.1 Å². The van der Waals surface area contributed by atoms with Crippen molar-refractivity contribution in [1.82, 2.24) is 0 Å². The number of rotatable bonds is 6. The number of carbonyl (C=O) groups excluding carboxylic acids is 2. The van der Waals surface area contributed by atoms with Gasteiger partial charge in [-0.05, 0) is 74.7 Å². The first-order valence-electron chi connectivity index (χ1n) is 6.73. The zero-order chi connectivity index (χ0) is 17.0. The van der Waals surface area contributed by atoms with Crippen molar-refractivity contribution in [3.05, 3.63) is 50.4 Å². The third kappa shape index (κ3) is 4.42. The summed E-state index contributed by atoms with van der Waals surface area (Å²) in [6.07, 6.45) is 1.07. The maximum Gasteiger partial charge on any atom is 0.155 e. The minimum Gasteiger partial charge on any atom is -0.496 e. The number of hydrogen-bond donors (Lipinski definition) is 0. The van der Waals surface area contributed by atoms with Gasteiger partial charge in [0.05, 0.1) is 21.6 Å². The molecule has 0 radical (unpaired) electrons. The summed E-state index contributed by atoms with van der Waals surface area (Å²) in [5.41, 5.74) is 1.29.